The van der Waals surface area contributed by atoms with Crippen LogP contribution in [0.4, 0.5) is 0 Å². The summed E-state index contributed by atoms with van der Waals surface area (Å²) in [7, 11) is -0.263. The topological polar surface area (TPSA) is 18.5 Å². The minimum Gasteiger partial charge on any atom is -0.399 e. The summed E-state index contributed by atoms with van der Waals surface area (Å²) in [4.78, 5) is 0. The molecule has 0 bridgehead atoms. The van der Waals surface area contributed by atoms with Gasteiger partial charge in [-0.2, -0.15) is 0 Å². The van der Waals surface area contributed by atoms with Crippen molar-refractivity contribution in [3.63, 3.8) is 0 Å². The van der Waals surface area contributed by atoms with E-state index in [1.54, 1.807) is 0 Å². The third-order valence-corrected chi connectivity index (χ3v) is 5.95. The maximum Gasteiger partial charge on any atom is 0.494 e. The van der Waals surface area contributed by atoms with Crippen LogP contribution in [-0.4, -0.2) is 18.3 Å². The Balaban J connectivity index is 1.99. The summed E-state index contributed by atoms with van der Waals surface area (Å²) in [6.45, 7) is 15.3. The van der Waals surface area contributed by atoms with E-state index in [0.29, 0.717) is 0 Å². The minimum absolute atomic E-state index is 0.137. The van der Waals surface area contributed by atoms with Crippen LogP contribution in [0.2, 0.25) is 0 Å². The van der Waals surface area contributed by atoms with E-state index >= 15 is 0 Å². The summed E-state index contributed by atoms with van der Waals surface area (Å²) < 4.78 is 12.6. The highest BCUT2D eigenvalue weighted by Crippen LogP contribution is 2.39. The van der Waals surface area contributed by atoms with E-state index in [2.05, 4.69) is 66.7 Å². The molecule has 1 aromatic carbocycles. The predicted octanol–water partition coefficient (Wildman–Crippen LogP) is 4.55. The second-order valence-electron chi connectivity index (χ2n) is 9.35. The normalized spacial score (nSPS) is 23.9. The summed E-state index contributed by atoms with van der Waals surface area (Å²) in [5, 5.41) is 0. The van der Waals surface area contributed by atoms with Crippen LogP contribution in [0.3, 0.4) is 0 Å². The van der Waals surface area contributed by atoms with Crippen LogP contribution in [0.1, 0.15) is 84.8 Å². The van der Waals surface area contributed by atoms with Gasteiger partial charge in [0.15, 0.2) is 0 Å². The number of benzene rings is 1. The molecule has 1 saturated heterocycles. The highest BCUT2D eigenvalue weighted by molar-refractivity contribution is 6.62. The van der Waals surface area contributed by atoms with Crippen molar-refractivity contribution in [3.8, 4) is 0 Å². The van der Waals surface area contributed by atoms with Crippen molar-refractivity contribution in [2.24, 2.45) is 0 Å². The van der Waals surface area contributed by atoms with Crippen LogP contribution in [-0.2, 0) is 14.7 Å². The van der Waals surface area contributed by atoms with E-state index in [9.17, 15) is 0 Å². The zero-order chi connectivity index (χ0) is 17.0. The molecule has 0 aromatic heterocycles. The molecule has 2 fully saturated rings. The van der Waals surface area contributed by atoms with Gasteiger partial charge in [-0.05, 0) is 68.5 Å². The molecule has 0 spiro atoms. The Hall–Kier alpha value is -0.795. The Morgan fingerprint density at radius 1 is 0.957 bits per heavy atom. The highest BCUT2D eigenvalue weighted by atomic mass is 16.7. The Labute approximate surface area is 142 Å². The van der Waals surface area contributed by atoms with Gasteiger partial charge < -0.3 is 9.31 Å². The third-order valence-electron chi connectivity index (χ3n) is 5.95. The van der Waals surface area contributed by atoms with Crippen molar-refractivity contribution in [1.82, 2.24) is 0 Å². The first-order valence-corrected chi connectivity index (χ1v) is 9.01. The molecule has 1 aliphatic carbocycles. The van der Waals surface area contributed by atoms with Gasteiger partial charge in [0.1, 0.15) is 0 Å². The van der Waals surface area contributed by atoms with Crippen LogP contribution in [0.15, 0.2) is 18.2 Å². The zero-order valence-corrected chi connectivity index (χ0v) is 15.8. The van der Waals surface area contributed by atoms with Gasteiger partial charge in [-0.25, -0.2) is 0 Å². The van der Waals surface area contributed by atoms with Gasteiger partial charge in [-0.15, -0.1) is 0 Å². The molecule has 2 nitrogen and oxygen atoms in total. The molecule has 1 aliphatic heterocycles. The lowest BCUT2D eigenvalue weighted by molar-refractivity contribution is 0.00578. The first-order chi connectivity index (χ1) is 10.5. The first-order valence-electron chi connectivity index (χ1n) is 9.01. The second kappa shape index (κ2) is 5.36. The van der Waals surface area contributed by atoms with E-state index in [4.69, 9.17) is 9.31 Å². The molecule has 0 radical (unpaired) electrons. The lowest BCUT2D eigenvalue weighted by atomic mass is 9.71. The molecule has 1 heterocycles. The molecule has 3 heteroatoms. The fourth-order valence-electron chi connectivity index (χ4n) is 3.20. The van der Waals surface area contributed by atoms with Gasteiger partial charge in [0.2, 0.25) is 0 Å². The van der Waals surface area contributed by atoms with Crippen LogP contribution < -0.4 is 5.46 Å². The van der Waals surface area contributed by atoms with E-state index in [1.807, 2.05) is 0 Å². The average Bonchev–Trinajstić information content (AvgIpc) is 2.55. The second-order valence-corrected chi connectivity index (χ2v) is 9.35. The van der Waals surface area contributed by atoms with Crippen LogP contribution >= 0.6 is 0 Å². The summed E-state index contributed by atoms with van der Waals surface area (Å²) in [6, 6.07) is 7.00. The Bertz CT molecular complexity index is 578. The molecule has 2 aliphatic rings. The van der Waals surface area contributed by atoms with Crippen LogP contribution in [0.25, 0.3) is 0 Å². The lowest BCUT2D eigenvalue weighted by Gasteiger charge is -2.32. The Morgan fingerprint density at radius 3 is 1.96 bits per heavy atom. The molecule has 0 unspecified atom stereocenters. The van der Waals surface area contributed by atoms with Gasteiger partial charge >= 0.3 is 7.12 Å². The largest absolute Gasteiger partial charge is 0.494 e. The smallest absolute Gasteiger partial charge is 0.399 e. The maximum absolute atomic E-state index is 6.28. The van der Waals surface area contributed by atoms with Crippen LogP contribution in [0, 0.1) is 0 Å². The number of hydrogen-bond donors (Lipinski definition) is 0. The van der Waals surface area contributed by atoms with Crippen molar-refractivity contribution in [2.75, 3.05) is 0 Å². The van der Waals surface area contributed by atoms with E-state index in [-0.39, 0.29) is 23.7 Å². The fourth-order valence-corrected chi connectivity index (χ4v) is 3.20. The third kappa shape index (κ3) is 3.10. The van der Waals surface area contributed by atoms with E-state index < -0.39 is 0 Å². The number of rotatable bonds is 2. The van der Waals surface area contributed by atoms with Crippen molar-refractivity contribution in [1.29, 1.82) is 0 Å². The van der Waals surface area contributed by atoms with E-state index in [0.717, 1.165) is 5.92 Å². The van der Waals surface area contributed by atoms with Gasteiger partial charge in [-0.1, -0.05) is 45.4 Å². The fraction of sp³-hybridized carbons (Fsp3) is 0.700. The number of hydrogen-bond acceptors (Lipinski definition) is 2. The first kappa shape index (κ1) is 17.0. The molecule has 126 valence electrons. The van der Waals surface area contributed by atoms with Gasteiger partial charge in [0, 0.05) is 0 Å². The van der Waals surface area contributed by atoms with Crippen molar-refractivity contribution in [2.45, 2.75) is 90.3 Å². The monoisotopic (exact) mass is 314 g/mol. The van der Waals surface area contributed by atoms with Crippen LogP contribution in [0.5, 0.6) is 0 Å². The maximum atomic E-state index is 6.28. The summed E-state index contributed by atoms with van der Waals surface area (Å²) in [5.41, 5.74) is 3.59. The highest BCUT2D eigenvalue weighted by Gasteiger charge is 2.51. The molecule has 3 rings (SSSR count). The van der Waals surface area contributed by atoms with Gasteiger partial charge in [-0.3, -0.25) is 0 Å². The average molecular weight is 314 g/mol. The van der Waals surface area contributed by atoms with E-state index in [1.165, 1.54) is 35.9 Å². The quantitative estimate of drug-likeness (QED) is 0.746. The molecule has 23 heavy (non-hydrogen) atoms. The molecule has 0 N–H and O–H groups in total. The van der Waals surface area contributed by atoms with Crippen molar-refractivity contribution >= 4 is 12.6 Å². The lowest BCUT2D eigenvalue weighted by Crippen LogP contribution is -2.41. The Morgan fingerprint density at radius 2 is 1.52 bits per heavy atom. The molecule has 1 saturated carbocycles. The summed E-state index contributed by atoms with van der Waals surface area (Å²) in [6.07, 6.45) is 3.99. The summed E-state index contributed by atoms with van der Waals surface area (Å²) >= 11 is 0. The predicted molar refractivity (Wildman–Crippen MR) is 97.5 cm³/mol. The molecule has 1 aromatic rings. The molecule has 0 atom stereocenters. The standard InChI is InChI=1S/C20H31BO2/c1-18(2,3)16-11-15(14-9-8-10-14)12-17(13-16)21-22-19(4,5)20(6,7)23-21/h11-14H,8-10H2,1-7H3. The minimum atomic E-state index is -0.286. The van der Waals surface area contributed by atoms with Gasteiger partial charge in [0.25, 0.3) is 0 Å². The summed E-state index contributed by atoms with van der Waals surface area (Å²) in [5.74, 6) is 0.721. The molecule has 0 amide bonds. The Kier molecular flexibility index (Phi) is 3.97. The molecular formula is C20H31BO2. The SMILES string of the molecule is CC(C)(C)c1cc(B2OC(C)(C)C(C)(C)O2)cc(C2CCC2)c1. The van der Waals surface area contributed by atoms with Crippen molar-refractivity contribution in [3.05, 3.63) is 29.3 Å². The zero-order valence-electron chi connectivity index (χ0n) is 15.8. The van der Waals surface area contributed by atoms with Gasteiger partial charge in [0.05, 0.1) is 11.2 Å². The van der Waals surface area contributed by atoms with Crippen molar-refractivity contribution < 1.29 is 9.31 Å². The molecular weight excluding hydrogens is 283 g/mol.